The van der Waals surface area contributed by atoms with Crippen LogP contribution in [0.4, 0.5) is 0 Å². The van der Waals surface area contributed by atoms with Gasteiger partial charge in [-0.2, -0.15) is 0 Å². The molecule has 0 amide bonds. The summed E-state index contributed by atoms with van der Waals surface area (Å²) in [7, 11) is 0. The van der Waals surface area contributed by atoms with Crippen molar-refractivity contribution in [3.63, 3.8) is 0 Å². The highest BCUT2D eigenvalue weighted by Crippen LogP contribution is 2.52. The summed E-state index contributed by atoms with van der Waals surface area (Å²) in [5.74, 6) is 0. The molecule has 0 heterocycles. The van der Waals surface area contributed by atoms with Gasteiger partial charge in [0.15, 0.2) is 0 Å². The molecule has 0 nitrogen and oxygen atoms in total. The largest absolute Gasteiger partial charge is 0.0616 e. The Kier molecular flexibility index (Phi) is 17.7. The van der Waals surface area contributed by atoms with Crippen LogP contribution in [-0.2, 0) is 0 Å². The minimum absolute atomic E-state index is 1.23. The first-order chi connectivity index (χ1) is 60.5. The van der Waals surface area contributed by atoms with Gasteiger partial charge in [0, 0.05) is 0 Å². The Balaban J connectivity index is 0.000000106. The maximum Gasteiger partial charge on any atom is -0.00201 e. The van der Waals surface area contributed by atoms with Gasteiger partial charge < -0.3 is 0 Å². The van der Waals surface area contributed by atoms with Crippen LogP contribution in [0.5, 0.6) is 0 Å². The van der Waals surface area contributed by atoms with Gasteiger partial charge in [-0.15, -0.1) is 0 Å². The molecule has 25 rings (SSSR count). The minimum Gasteiger partial charge on any atom is -0.0616 e. The smallest absolute Gasteiger partial charge is 0.00201 e. The van der Waals surface area contributed by atoms with Gasteiger partial charge in [0.05, 0.1) is 0 Å². The first-order valence-corrected chi connectivity index (χ1v) is 42.3. The first kappa shape index (κ1) is 71.5. The lowest BCUT2D eigenvalue weighted by molar-refractivity contribution is 1.62. The second-order valence-corrected chi connectivity index (χ2v) is 32.4. The molecule has 0 spiro atoms. The van der Waals surface area contributed by atoms with Gasteiger partial charge in [-0.25, -0.2) is 0 Å². The minimum atomic E-state index is 1.23. The van der Waals surface area contributed by atoms with Crippen molar-refractivity contribution in [3.05, 3.63) is 473 Å². The summed E-state index contributed by atoms with van der Waals surface area (Å²) in [6.07, 6.45) is 0. The highest BCUT2D eigenvalue weighted by Gasteiger charge is 2.25. The molecule has 24 aromatic rings. The Labute approximate surface area is 709 Å². The zero-order valence-electron chi connectivity index (χ0n) is 67.0. The quantitative estimate of drug-likeness (QED) is 0.126. The van der Waals surface area contributed by atoms with Crippen LogP contribution < -0.4 is 0 Å². The highest BCUT2D eigenvalue weighted by atomic mass is 14.3. The molecule has 0 unspecified atom stereocenters. The van der Waals surface area contributed by atoms with E-state index in [1.165, 1.54) is 241 Å². The Hall–Kier alpha value is -15.9. The fraction of sp³-hybridized carbons (Fsp3) is 0. The lowest BCUT2D eigenvalue weighted by Gasteiger charge is -2.19. The normalized spacial score (nSPS) is 11.6. The first-order valence-electron chi connectivity index (χ1n) is 42.3. The number of hydrogen-bond acceptors (Lipinski definition) is 0. The van der Waals surface area contributed by atoms with Crippen LogP contribution in [0.3, 0.4) is 0 Å². The monoisotopic (exact) mass is 1540 g/mol. The molecule has 0 heteroatoms. The van der Waals surface area contributed by atoms with E-state index in [0.717, 1.165) is 0 Å². The van der Waals surface area contributed by atoms with Crippen LogP contribution in [0.15, 0.2) is 473 Å². The number of rotatable bonds is 9. The molecule has 122 heavy (non-hydrogen) atoms. The number of hydrogen-bond donors (Lipinski definition) is 0. The summed E-state index contributed by atoms with van der Waals surface area (Å²) < 4.78 is 0. The molecule has 0 fully saturated rings. The fourth-order valence-corrected chi connectivity index (χ4v) is 19.6. The van der Waals surface area contributed by atoms with Crippen LogP contribution in [0.2, 0.25) is 0 Å². The summed E-state index contributed by atoms with van der Waals surface area (Å²) in [4.78, 5) is 0. The lowest BCUT2D eigenvalue weighted by atomic mass is 9.84. The third kappa shape index (κ3) is 12.7. The van der Waals surface area contributed by atoms with Crippen LogP contribution in [0.1, 0.15) is 0 Å². The van der Waals surface area contributed by atoms with E-state index in [4.69, 9.17) is 0 Å². The molecule has 0 aliphatic heterocycles. The molecule has 1 aliphatic carbocycles. The second-order valence-electron chi connectivity index (χ2n) is 32.4. The van der Waals surface area contributed by atoms with Gasteiger partial charge in [0.1, 0.15) is 0 Å². The van der Waals surface area contributed by atoms with Gasteiger partial charge in [-0.05, 0) is 295 Å². The predicted octanol–water partition coefficient (Wildman–Crippen LogP) is 34.4. The molecule has 566 valence electrons. The zero-order valence-corrected chi connectivity index (χ0v) is 67.0. The average Bonchev–Trinajstić information content (AvgIpc) is 1.49. The Morgan fingerprint density at radius 1 is 0.0902 bits per heavy atom. The van der Waals surface area contributed by atoms with E-state index in [1.807, 2.05) is 0 Å². The second kappa shape index (κ2) is 30.3. The standard InChI is InChI=1S/C42H26.2C40H26/c1-2-8-28-23-31(16-15-27(28)7-1)33-20-19-32-24-30(17-18-34(32)25-33)29-9-5-10-35(26-29)36-21-22-41-38-12-4-3-11-37(38)40-14-6-13-39(36)42(40)41;1-3-12-29-24-32(22-20-27(29)10-1)31-14-9-15-33(26-31)39-35-16-5-7-18-37(35)40(38-19-8-6-17-36(38)39)34-23-21-28-11-2-4-13-30(28)25-34;1-2-13-29-25-31(24-23-27(29)11-1)30-15-9-16-32(26-30)39-35-18-5-7-20-37(35)40(38-21-8-6-19-36(38)39)34-22-10-14-28-12-3-4-17-33(28)34/h1-26H;2*1-26H. The molecule has 0 aromatic heterocycles. The van der Waals surface area contributed by atoms with Crippen molar-refractivity contribution in [3.8, 4) is 122 Å². The van der Waals surface area contributed by atoms with Crippen LogP contribution in [-0.4, -0.2) is 0 Å². The van der Waals surface area contributed by atoms with E-state index in [9.17, 15) is 0 Å². The molecule has 0 N–H and O–H groups in total. The van der Waals surface area contributed by atoms with Crippen molar-refractivity contribution in [1.82, 2.24) is 0 Å². The zero-order chi connectivity index (χ0) is 80.6. The molecule has 0 atom stereocenters. The van der Waals surface area contributed by atoms with E-state index in [-0.39, 0.29) is 0 Å². The predicted molar refractivity (Wildman–Crippen MR) is 525 cm³/mol. The van der Waals surface area contributed by atoms with E-state index >= 15 is 0 Å². The van der Waals surface area contributed by atoms with Crippen LogP contribution in [0.25, 0.3) is 241 Å². The Bertz CT molecular complexity index is 8190. The summed E-state index contributed by atoms with van der Waals surface area (Å²) in [5, 5.41) is 28.1. The van der Waals surface area contributed by atoms with Crippen molar-refractivity contribution in [1.29, 1.82) is 0 Å². The topological polar surface area (TPSA) is 0 Å². The lowest BCUT2D eigenvalue weighted by Crippen LogP contribution is -1.92. The SMILES string of the molecule is c1cc(-c2ccc3cc(-c4ccc5ccccc5c4)ccc3c2)cc(-c2ccc3c4c(cccc24)-c2ccccc2-3)c1.c1cc(-c2ccc3ccccc3c2)cc(-c2c3ccccc3c(-c3ccc4ccccc4c3)c3ccccc23)c1.c1cc(-c2ccc3ccccc3c2)cc(-c2c3ccccc3c(-c3cccc4ccccc34)c3ccccc23)c1. The van der Waals surface area contributed by atoms with Gasteiger partial charge in [0.2, 0.25) is 0 Å². The van der Waals surface area contributed by atoms with Crippen molar-refractivity contribution < 1.29 is 0 Å². The maximum absolute atomic E-state index is 2.36. The third-order valence-electron chi connectivity index (χ3n) is 25.4. The summed E-state index contributed by atoms with van der Waals surface area (Å²) in [6, 6.07) is 173. The van der Waals surface area contributed by atoms with E-state index in [0.29, 0.717) is 0 Å². The molecule has 1 aliphatic rings. The van der Waals surface area contributed by atoms with Gasteiger partial charge in [-0.1, -0.05) is 419 Å². The molecule has 24 aromatic carbocycles. The fourth-order valence-electron chi connectivity index (χ4n) is 19.6. The average molecular weight is 1540 g/mol. The third-order valence-corrected chi connectivity index (χ3v) is 25.4. The van der Waals surface area contributed by atoms with Gasteiger partial charge in [0.25, 0.3) is 0 Å². The van der Waals surface area contributed by atoms with Gasteiger partial charge >= 0.3 is 0 Å². The summed E-state index contributed by atoms with van der Waals surface area (Å²) in [5.41, 5.74) is 28.0. The Morgan fingerprint density at radius 3 is 0.721 bits per heavy atom. The molecule has 0 bridgehead atoms. The highest BCUT2D eigenvalue weighted by molar-refractivity contribution is 6.25. The number of fused-ring (bicyclic) bond motifs is 13. The Morgan fingerprint density at radius 2 is 0.311 bits per heavy atom. The van der Waals surface area contributed by atoms with Crippen molar-refractivity contribution in [2.75, 3.05) is 0 Å². The van der Waals surface area contributed by atoms with E-state index in [1.54, 1.807) is 0 Å². The molecule has 0 saturated heterocycles. The van der Waals surface area contributed by atoms with Crippen molar-refractivity contribution in [2.24, 2.45) is 0 Å². The molecule has 0 radical (unpaired) electrons. The van der Waals surface area contributed by atoms with Crippen LogP contribution >= 0.6 is 0 Å². The van der Waals surface area contributed by atoms with Gasteiger partial charge in [-0.3, -0.25) is 0 Å². The molecular weight excluding hydrogens is 1470 g/mol. The molecule has 0 saturated carbocycles. The number of benzene rings is 24. The van der Waals surface area contributed by atoms with Crippen LogP contribution in [0, 0.1) is 0 Å². The van der Waals surface area contributed by atoms with Crippen molar-refractivity contribution in [2.45, 2.75) is 0 Å². The van der Waals surface area contributed by atoms with Crippen molar-refractivity contribution >= 4 is 118 Å². The summed E-state index contributed by atoms with van der Waals surface area (Å²) in [6.45, 7) is 0. The molecular formula is C122H78. The summed E-state index contributed by atoms with van der Waals surface area (Å²) >= 11 is 0. The maximum atomic E-state index is 2.36. The van der Waals surface area contributed by atoms with E-state index < -0.39 is 0 Å². The van der Waals surface area contributed by atoms with E-state index in [2.05, 4.69) is 473 Å².